The standard InChI is InChI=1S/C23H32N2O2.ClH/c1-18(2)20-10-9-19(3)17-23(20)27-16-15-24-11-13-25(14-12-24)21-7-5-6-8-22(21)26-4;/h5-10,17-18H,11-16H2,1-4H3;1H. The zero-order valence-electron chi connectivity index (χ0n) is 17.5. The normalized spacial score (nSPS) is 14.7. The van der Waals surface area contributed by atoms with E-state index in [0.29, 0.717) is 5.92 Å². The van der Waals surface area contributed by atoms with Gasteiger partial charge in [-0.05, 0) is 42.2 Å². The van der Waals surface area contributed by atoms with E-state index in [1.54, 1.807) is 7.11 Å². The van der Waals surface area contributed by atoms with Crippen LogP contribution in [0, 0.1) is 6.92 Å². The number of hydrogen-bond donors (Lipinski definition) is 0. The molecule has 0 atom stereocenters. The van der Waals surface area contributed by atoms with E-state index in [2.05, 4.69) is 60.9 Å². The Labute approximate surface area is 175 Å². The summed E-state index contributed by atoms with van der Waals surface area (Å²) in [7, 11) is 1.74. The second-order valence-corrected chi connectivity index (χ2v) is 7.54. The van der Waals surface area contributed by atoms with E-state index in [0.717, 1.165) is 50.8 Å². The van der Waals surface area contributed by atoms with Gasteiger partial charge in [0.2, 0.25) is 0 Å². The maximum Gasteiger partial charge on any atom is 0.142 e. The van der Waals surface area contributed by atoms with Crippen molar-refractivity contribution in [2.24, 2.45) is 0 Å². The van der Waals surface area contributed by atoms with E-state index in [1.807, 2.05) is 12.1 Å². The number of benzene rings is 2. The molecule has 0 unspecified atom stereocenters. The van der Waals surface area contributed by atoms with Crippen LogP contribution in [0.1, 0.15) is 30.9 Å². The van der Waals surface area contributed by atoms with E-state index >= 15 is 0 Å². The fourth-order valence-electron chi connectivity index (χ4n) is 3.63. The van der Waals surface area contributed by atoms with Crippen molar-refractivity contribution >= 4 is 18.1 Å². The van der Waals surface area contributed by atoms with Crippen molar-refractivity contribution in [3.63, 3.8) is 0 Å². The smallest absolute Gasteiger partial charge is 0.142 e. The summed E-state index contributed by atoms with van der Waals surface area (Å²) in [6.07, 6.45) is 0. The van der Waals surface area contributed by atoms with Crippen LogP contribution in [0.15, 0.2) is 42.5 Å². The highest BCUT2D eigenvalue weighted by molar-refractivity contribution is 5.85. The summed E-state index contributed by atoms with van der Waals surface area (Å²) in [6.45, 7) is 12.4. The van der Waals surface area contributed by atoms with Crippen LogP contribution >= 0.6 is 12.4 Å². The summed E-state index contributed by atoms with van der Waals surface area (Å²) in [6, 6.07) is 14.8. The van der Waals surface area contributed by atoms with Crippen molar-refractivity contribution in [1.82, 2.24) is 4.90 Å². The number of piperazine rings is 1. The van der Waals surface area contributed by atoms with Gasteiger partial charge in [-0.1, -0.05) is 38.1 Å². The van der Waals surface area contributed by atoms with Crippen molar-refractivity contribution in [2.75, 3.05) is 51.3 Å². The van der Waals surface area contributed by atoms with Gasteiger partial charge >= 0.3 is 0 Å². The highest BCUT2D eigenvalue weighted by atomic mass is 35.5. The summed E-state index contributed by atoms with van der Waals surface area (Å²) >= 11 is 0. The molecule has 0 aromatic heterocycles. The Balaban J connectivity index is 0.00000280. The quantitative estimate of drug-likeness (QED) is 0.664. The van der Waals surface area contributed by atoms with Crippen LogP contribution in [0.2, 0.25) is 0 Å². The number of aryl methyl sites for hydroxylation is 1. The Kier molecular flexibility index (Phi) is 8.46. The Hall–Kier alpha value is -1.91. The second kappa shape index (κ2) is 10.6. The lowest BCUT2D eigenvalue weighted by atomic mass is 10.0. The lowest BCUT2D eigenvalue weighted by Crippen LogP contribution is -2.47. The molecule has 2 aromatic carbocycles. The fraction of sp³-hybridized carbons (Fsp3) is 0.478. The minimum absolute atomic E-state index is 0. The first-order valence-electron chi connectivity index (χ1n) is 9.92. The van der Waals surface area contributed by atoms with Crippen molar-refractivity contribution in [2.45, 2.75) is 26.7 Å². The first-order valence-corrected chi connectivity index (χ1v) is 9.92. The van der Waals surface area contributed by atoms with Crippen molar-refractivity contribution in [3.05, 3.63) is 53.6 Å². The van der Waals surface area contributed by atoms with Gasteiger partial charge in [0, 0.05) is 32.7 Å². The minimum atomic E-state index is 0. The van der Waals surface area contributed by atoms with E-state index in [-0.39, 0.29) is 12.4 Å². The molecular formula is C23H33ClN2O2. The zero-order valence-corrected chi connectivity index (χ0v) is 18.3. The molecule has 0 saturated carbocycles. The summed E-state index contributed by atoms with van der Waals surface area (Å²) < 4.78 is 11.7. The zero-order chi connectivity index (χ0) is 19.2. The number of nitrogens with zero attached hydrogens (tertiary/aromatic N) is 2. The first kappa shape index (κ1) is 22.4. The van der Waals surface area contributed by atoms with Gasteiger partial charge < -0.3 is 14.4 Å². The van der Waals surface area contributed by atoms with Crippen molar-refractivity contribution in [1.29, 1.82) is 0 Å². The molecule has 4 nitrogen and oxygen atoms in total. The van der Waals surface area contributed by atoms with Crippen LogP contribution in [-0.2, 0) is 0 Å². The summed E-state index contributed by atoms with van der Waals surface area (Å²) in [5, 5.41) is 0. The van der Waals surface area contributed by atoms with E-state index in [9.17, 15) is 0 Å². The van der Waals surface area contributed by atoms with E-state index < -0.39 is 0 Å². The van der Waals surface area contributed by atoms with Gasteiger partial charge in [-0.2, -0.15) is 0 Å². The first-order chi connectivity index (χ1) is 13.1. The molecule has 1 heterocycles. The Morgan fingerprint density at radius 3 is 2.36 bits per heavy atom. The van der Waals surface area contributed by atoms with Gasteiger partial charge in [-0.3, -0.25) is 4.90 Å². The van der Waals surface area contributed by atoms with Crippen molar-refractivity contribution in [3.8, 4) is 11.5 Å². The second-order valence-electron chi connectivity index (χ2n) is 7.54. The number of anilines is 1. The van der Waals surface area contributed by atoms with Gasteiger partial charge in [0.1, 0.15) is 18.1 Å². The van der Waals surface area contributed by atoms with Crippen LogP contribution in [0.25, 0.3) is 0 Å². The Morgan fingerprint density at radius 2 is 1.68 bits per heavy atom. The fourth-order valence-corrected chi connectivity index (χ4v) is 3.63. The molecule has 0 radical (unpaired) electrons. The molecule has 0 spiro atoms. The molecule has 28 heavy (non-hydrogen) atoms. The average Bonchev–Trinajstić information content (AvgIpc) is 2.68. The molecular weight excluding hydrogens is 372 g/mol. The highest BCUT2D eigenvalue weighted by Gasteiger charge is 2.19. The van der Waals surface area contributed by atoms with Crippen LogP contribution in [0.3, 0.4) is 0 Å². The Morgan fingerprint density at radius 1 is 0.964 bits per heavy atom. The third kappa shape index (κ3) is 5.55. The lowest BCUT2D eigenvalue weighted by molar-refractivity contribution is 0.199. The monoisotopic (exact) mass is 404 g/mol. The van der Waals surface area contributed by atoms with E-state index in [1.165, 1.54) is 16.8 Å². The number of methoxy groups -OCH3 is 1. The van der Waals surface area contributed by atoms with Gasteiger partial charge in [0.15, 0.2) is 0 Å². The van der Waals surface area contributed by atoms with Gasteiger partial charge in [0.25, 0.3) is 0 Å². The molecule has 154 valence electrons. The Bertz CT molecular complexity index is 743. The number of ether oxygens (including phenoxy) is 2. The number of rotatable bonds is 7. The molecule has 0 bridgehead atoms. The average molecular weight is 405 g/mol. The molecule has 0 amide bonds. The van der Waals surface area contributed by atoms with E-state index in [4.69, 9.17) is 9.47 Å². The van der Waals surface area contributed by atoms with Crippen LogP contribution in [0.5, 0.6) is 11.5 Å². The maximum absolute atomic E-state index is 6.15. The molecule has 0 N–H and O–H groups in total. The van der Waals surface area contributed by atoms with Gasteiger partial charge in [0.05, 0.1) is 12.8 Å². The minimum Gasteiger partial charge on any atom is -0.495 e. The molecule has 1 saturated heterocycles. The topological polar surface area (TPSA) is 24.9 Å². The third-order valence-corrected chi connectivity index (χ3v) is 5.25. The maximum atomic E-state index is 6.15. The van der Waals surface area contributed by atoms with Gasteiger partial charge in [-0.15, -0.1) is 12.4 Å². The summed E-state index contributed by atoms with van der Waals surface area (Å²) in [5.41, 5.74) is 3.73. The molecule has 5 heteroatoms. The molecule has 1 aliphatic heterocycles. The lowest BCUT2D eigenvalue weighted by Gasteiger charge is -2.36. The van der Waals surface area contributed by atoms with Crippen LogP contribution < -0.4 is 14.4 Å². The predicted octanol–water partition coefficient (Wildman–Crippen LogP) is 4.75. The van der Waals surface area contributed by atoms with Crippen LogP contribution in [0.4, 0.5) is 5.69 Å². The molecule has 0 aliphatic carbocycles. The van der Waals surface area contributed by atoms with Crippen LogP contribution in [-0.4, -0.2) is 51.3 Å². The molecule has 1 fully saturated rings. The highest BCUT2D eigenvalue weighted by Crippen LogP contribution is 2.29. The van der Waals surface area contributed by atoms with Gasteiger partial charge in [-0.25, -0.2) is 0 Å². The SMILES string of the molecule is COc1ccccc1N1CCN(CCOc2cc(C)ccc2C(C)C)CC1.Cl. The summed E-state index contributed by atoms with van der Waals surface area (Å²) in [4.78, 5) is 4.89. The third-order valence-electron chi connectivity index (χ3n) is 5.25. The summed E-state index contributed by atoms with van der Waals surface area (Å²) in [5.74, 6) is 2.47. The number of halogens is 1. The molecule has 3 rings (SSSR count). The number of hydrogen-bond acceptors (Lipinski definition) is 4. The molecule has 2 aromatic rings. The predicted molar refractivity (Wildman–Crippen MR) is 120 cm³/mol. The van der Waals surface area contributed by atoms with Crippen molar-refractivity contribution < 1.29 is 9.47 Å². The molecule has 1 aliphatic rings. The number of para-hydroxylation sites is 2. The largest absolute Gasteiger partial charge is 0.495 e.